The van der Waals surface area contributed by atoms with Crippen molar-refractivity contribution in [2.75, 3.05) is 20.6 Å². The van der Waals surface area contributed by atoms with Crippen LogP contribution in [0.25, 0.3) is 0 Å². The quantitative estimate of drug-likeness (QED) is 0.500. The maximum atomic E-state index is 10.3. The van der Waals surface area contributed by atoms with Crippen LogP contribution in [0.5, 0.6) is 0 Å². The van der Waals surface area contributed by atoms with Crippen LogP contribution in [0.1, 0.15) is 0 Å². The van der Waals surface area contributed by atoms with Crippen molar-refractivity contribution >= 4 is 5.82 Å². The predicted molar refractivity (Wildman–Crippen MR) is 47.4 cm³/mol. The third kappa shape index (κ3) is 2.83. The van der Waals surface area contributed by atoms with Gasteiger partial charge in [-0.15, -0.1) is 0 Å². The van der Waals surface area contributed by atoms with Gasteiger partial charge in [0, 0.05) is 6.54 Å². The maximum Gasteiger partial charge on any atom is 0.389 e. The van der Waals surface area contributed by atoms with Crippen LogP contribution in [-0.4, -0.2) is 40.2 Å². The van der Waals surface area contributed by atoms with Gasteiger partial charge in [0.05, 0.1) is 23.9 Å². The molecule has 0 aliphatic rings. The second-order valence-corrected chi connectivity index (χ2v) is 3.00. The monoisotopic (exact) mass is 184 g/mol. The number of rotatable bonds is 4. The average molecular weight is 184 g/mol. The lowest BCUT2D eigenvalue weighted by molar-refractivity contribution is -0.389. The molecular formula is C7H12N4O2. The standard InChI is InChI=1S/C7H12N4O2/c1-9(2)5-6-10-4-3-7(8-10)11(12)13/h3-4H,5-6H2,1-2H3. The van der Waals surface area contributed by atoms with E-state index >= 15 is 0 Å². The van der Waals surface area contributed by atoms with Crippen molar-refractivity contribution in [1.29, 1.82) is 0 Å². The van der Waals surface area contributed by atoms with Crippen molar-refractivity contribution in [2.45, 2.75) is 6.54 Å². The third-order valence-electron chi connectivity index (χ3n) is 1.59. The summed E-state index contributed by atoms with van der Waals surface area (Å²) in [6, 6.07) is 1.40. The zero-order valence-corrected chi connectivity index (χ0v) is 7.67. The van der Waals surface area contributed by atoms with Gasteiger partial charge < -0.3 is 15.0 Å². The van der Waals surface area contributed by atoms with Crippen LogP contribution in [0.3, 0.4) is 0 Å². The highest BCUT2D eigenvalue weighted by atomic mass is 16.6. The van der Waals surface area contributed by atoms with E-state index in [1.807, 2.05) is 19.0 Å². The second kappa shape index (κ2) is 3.99. The van der Waals surface area contributed by atoms with Gasteiger partial charge in [-0.3, -0.25) is 0 Å². The van der Waals surface area contributed by atoms with Crippen LogP contribution in [0.15, 0.2) is 12.3 Å². The SMILES string of the molecule is CN(C)CCn1ccc([N+](=O)[O-])n1. The van der Waals surface area contributed by atoms with Crippen molar-refractivity contribution in [3.8, 4) is 0 Å². The summed E-state index contributed by atoms with van der Waals surface area (Å²) in [6.07, 6.45) is 1.61. The number of nitrogens with zero attached hydrogens (tertiary/aromatic N) is 4. The number of aromatic nitrogens is 2. The maximum absolute atomic E-state index is 10.3. The summed E-state index contributed by atoms with van der Waals surface area (Å²) in [5, 5.41) is 14.0. The lowest BCUT2D eigenvalue weighted by Gasteiger charge is -2.06. The highest BCUT2D eigenvalue weighted by Gasteiger charge is 2.09. The normalized spacial score (nSPS) is 10.7. The topological polar surface area (TPSA) is 64.2 Å². The van der Waals surface area contributed by atoms with Gasteiger partial charge in [0.2, 0.25) is 0 Å². The summed E-state index contributed by atoms with van der Waals surface area (Å²) in [6.45, 7) is 1.49. The first-order chi connectivity index (χ1) is 6.09. The van der Waals surface area contributed by atoms with Gasteiger partial charge in [-0.05, 0) is 19.0 Å². The van der Waals surface area contributed by atoms with Gasteiger partial charge in [0.1, 0.15) is 0 Å². The molecule has 1 aromatic heterocycles. The predicted octanol–water partition coefficient (Wildman–Crippen LogP) is 0.353. The molecule has 6 nitrogen and oxygen atoms in total. The summed E-state index contributed by atoms with van der Waals surface area (Å²) in [4.78, 5) is 11.8. The first kappa shape index (κ1) is 9.66. The van der Waals surface area contributed by atoms with Crippen molar-refractivity contribution in [1.82, 2.24) is 14.7 Å². The summed E-state index contributed by atoms with van der Waals surface area (Å²) >= 11 is 0. The van der Waals surface area contributed by atoms with Crippen molar-refractivity contribution in [3.05, 3.63) is 22.4 Å². The molecule has 72 valence electrons. The Bertz CT molecular complexity index is 294. The lowest BCUT2D eigenvalue weighted by atomic mass is 10.6. The first-order valence-corrected chi connectivity index (χ1v) is 3.92. The molecule has 0 aromatic carbocycles. The Morgan fingerprint density at radius 2 is 2.38 bits per heavy atom. The summed E-state index contributed by atoms with van der Waals surface area (Å²) in [5.74, 6) is -0.0984. The van der Waals surface area contributed by atoms with E-state index in [4.69, 9.17) is 0 Å². The number of nitro groups is 1. The van der Waals surface area contributed by atoms with Gasteiger partial charge >= 0.3 is 5.82 Å². The molecule has 0 unspecified atom stereocenters. The van der Waals surface area contributed by atoms with Crippen LogP contribution in [0.4, 0.5) is 5.82 Å². The van der Waals surface area contributed by atoms with Gasteiger partial charge in [-0.2, -0.15) is 4.68 Å². The van der Waals surface area contributed by atoms with Crippen molar-refractivity contribution in [3.63, 3.8) is 0 Å². The van der Waals surface area contributed by atoms with Gasteiger partial charge in [0.25, 0.3) is 0 Å². The highest BCUT2D eigenvalue weighted by Crippen LogP contribution is 2.04. The van der Waals surface area contributed by atoms with E-state index in [0.29, 0.717) is 6.54 Å². The molecule has 0 atom stereocenters. The first-order valence-electron chi connectivity index (χ1n) is 3.92. The third-order valence-corrected chi connectivity index (χ3v) is 1.59. The molecule has 0 saturated heterocycles. The summed E-state index contributed by atoms with van der Waals surface area (Å²) in [5.41, 5.74) is 0. The Morgan fingerprint density at radius 3 is 2.85 bits per heavy atom. The number of hydrogen-bond donors (Lipinski definition) is 0. The van der Waals surface area contributed by atoms with E-state index in [-0.39, 0.29) is 5.82 Å². The van der Waals surface area contributed by atoms with Crippen LogP contribution in [0, 0.1) is 10.1 Å². The molecule has 1 aromatic rings. The van der Waals surface area contributed by atoms with Gasteiger partial charge in [0.15, 0.2) is 0 Å². The fourth-order valence-corrected chi connectivity index (χ4v) is 0.875. The molecular weight excluding hydrogens is 172 g/mol. The summed E-state index contributed by atoms with van der Waals surface area (Å²) in [7, 11) is 3.88. The fourth-order valence-electron chi connectivity index (χ4n) is 0.875. The summed E-state index contributed by atoms with van der Waals surface area (Å²) < 4.78 is 1.57. The van der Waals surface area contributed by atoms with Crippen LogP contribution in [-0.2, 0) is 6.54 Å². The number of hydrogen-bond acceptors (Lipinski definition) is 4. The van der Waals surface area contributed by atoms with Crippen molar-refractivity contribution in [2.24, 2.45) is 0 Å². The zero-order valence-electron chi connectivity index (χ0n) is 7.67. The van der Waals surface area contributed by atoms with Crippen LogP contribution >= 0.6 is 0 Å². The van der Waals surface area contributed by atoms with Crippen molar-refractivity contribution < 1.29 is 4.92 Å². The second-order valence-electron chi connectivity index (χ2n) is 3.00. The van der Waals surface area contributed by atoms with E-state index in [0.717, 1.165) is 6.54 Å². The van der Waals surface area contributed by atoms with Gasteiger partial charge in [-0.25, -0.2) is 0 Å². The van der Waals surface area contributed by atoms with E-state index in [1.54, 1.807) is 10.9 Å². The Hall–Kier alpha value is -1.43. The largest absolute Gasteiger partial charge is 0.389 e. The molecule has 0 radical (unpaired) electrons. The molecule has 6 heteroatoms. The minimum atomic E-state index is -0.494. The molecule has 0 aliphatic carbocycles. The molecule has 0 aliphatic heterocycles. The van der Waals surface area contributed by atoms with Crippen LogP contribution < -0.4 is 0 Å². The molecule has 0 N–H and O–H groups in total. The molecule has 1 rings (SSSR count). The molecule has 0 bridgehead atoms. The Morgan fingerprint density at radius 1 is 1.69 bits per heavy atom. The minimum absolute atomic E-state index is 0.0984. The number of likely N-dealkylation sites (N-methyl/N-ethyl adjacent to an activating group) is 1. The Kier molecular flexibility index (Phi) is 2.97. The zero-order chi connectivity index (χ0) is 9.84. The fraction of sp³-hybridized carbons (Fsp3) is 0.571. The lowest BCUT2D eigenvalue weighted by Crippen LogP contribution is -2.18. The Labute approximate surface area is 75.9 Å². The van der Waals surface area contributed by atoms with E-state index in [2.05, 4.69) is 5.10 Å². The average Bonchev–Trinajstić information content (AvgIpc) is 2.48. The smallest absolute Gasteiger partial charge is 0.358 e. The molecule has 0 saturated carbocycles. The Balaban J connectivity index is 2.54. The highest BCUT2D eigenvalue weighted by molar-refractivity contribution is 5.13. The van der Waals surface area contributed by atoms with E-state index in [9.17, 15) is 10.1 Å². The molecule has 0 amide bonds. The molecule has 0 spiro atoms. The molecule has 13 heavy (non-hydrogen) atoms. The van der Waals surface area contributed by atoms with Crippen LogP contribution in [0.2, 0.25) is 0 Å². The van der Waals surface area contributed by atoms with Gasteiger partial charge in [-0.1, -0.05) is 0 Å². The minimum Gasteiger partial charge on any atom is -0.358 e. The molecule has 0 fully saturated rings. The van der Waals surface area contributed by atoms with E-state index in [1.165, 1.54) is 6.07 Å². The molecule has 1 heterocycles. The van der Waals surface area contributed by atoms with E-state index < -0.39 is 4.92 Å².